The minimum absolute atomic E-state index is 0.106. The summed E-state index contributed by atoms with van der Waals surface area (Å²) in [5.41, 5.74) is 2.41. The molecular formula is C22H26N4O6S. The fourth-order valence-electron chi connectivity index (χ4n) is 4.16. The van der Waals surface area contributed by atoms with Gasteiger partial charge in [0.05, 0.1) is 35.4 Å². The van der Waals surface area contributed by atoms with Gasteiger partial charge in [-0.1, -0.05) is 17.7 Å². The number of benzene rings is 1. The Balaban J connectivity index is 1.58. The van der Waals surface area contributed by atoms with Crippen molar-refractivity contribution in [3.05, 3.63) is 41.1 Å². The number of anilines is 1. The first-order chi connectivity index (χ1) is 15.7. The molecule has 0 bridgehead atoms. The van der Waals surface area contributed by atoms with Crippen LogP contribution in [0.2, 0.25) is 0 Å². The van der Waals surface area contributed by atoms with Gasteiger partial charge in [-0.2, -0.15) is 5.10 Å². The molecule has 11 heteroatoms. The number of aryl methyl sites for hydroxylation is 1. The first kappa shape index (κ1) is 23.0. The van der Waals surface area contributed by atoms with Gasteiger partial charge in [-0.25, -0.2) is 13.1 Å². The number of ether oxygens (including phenoxy) is 1. The minimum Gasteiger partial charge on any atom is -0.466 e. The maximum atomic E-state index is 12.9. The second-order valence-electron chi connectivity index (χ2n) is 8.35. The molecule has 2 aliphatic heterocycles. The molecule has 0 spiro atoms. The SMILES string of the molecule is CCOC(=O)C1CCCN(C(=O)C(=O)Nc2c3c(nn2-c2ccc(C)cc2)CS(=O)(=O)C3)C1. The molecule has 2 amide bonds. The van der Waals surface area contributed by atoms with E-state index in [2.05, 4.69) is 10.4 Å². The van der Waals surface area contributed by atoms with E-state index in [1.165, 1.54) is 9.58 Å². The van der Waals surface area contributed by atoms with E-state index in [0.717, 1.165) is 5.56 Å². The molecule has 1 aromatic carbocycles. The van der Waals surface area contributed by atoms with Crippen LogP contribution in [0.15, 0.2) is 24.3 Å². The van der Waals surface area contributed by atoms with Crippen LogP contribution in [0, 0.1) is 12.8 Å². The summed E-state index contributed by atoms with van der Waals surface area (Å²) in [5.74, 6) is -2.83. The lowest BCUT2D eigenvalue weighted by atomic mass is 9.98. The molecule has 1 aromatic heterocycles. The summed E-state index contributed by atoms with van der Waals surface area (Å²) in [6, 6.07) is 7.36. The van der Waals surface area contributed by atoms with Crippen molar-refractivity contribution in [2.24, 2.45) is 5.92 Å². The number of hydrogen-bond acceptors (Lipinski definition) is 7. The zero-order chi connectivity index (χ0) is 23.8. The lowest BCUT2D eigenvalue weighted by molar-refractivity contribution is -0.153. The van der Waals surface area contributed by atoms with Crippen LogP contribution in [0.3, 0.4) is 0 Å². The zero-order valence-corrected chi connectivity index (χ0v) is 19.4. The summed E-state index contributed by atoms with van der Waals surface area (Å²) in [5, 5.41) is 7.00. The van der Waals surface area contributed by atoms with Crippen molar-refractivity contribution in [1.29, 1.82) is 0 Å². The number of carbonyl (C=O) groups is 3. The Hall–Kier alpha value is -3.21. The number of fused-ring (bicyclic) bond motifs is 1. The third-order valence-corrected chi connectivity index (χ3v) is 7.26. The van der Waals surface area contributed by atoms with Crippen molar-refractivity contribution >= 4 is 33.4 Å². The molecule has 1 fully saturated rings. The van der Waals surface area contributed by atoms with Gasteiger partial charge in [0.1, 0.15) is 5.82 Å². The second-order valence-corrected chi connectivity index (χ2v) is 10.4. The van der Waals surface area contributed by atoms with Crippen LogP contribution in [-0.2, 0) is 40.5 Å². The molecule has 1 unspecified atom stereocenters. The summed E-state index contributed by atoms with van der Waals surface area (Å²) in [6.07, 6.45) is 1.17. The maximum absolute atomic E-state index is 12.9. The van der Waals surface area contributed by atoms with E-state index in [1.807, 2.05) is 19.1 Å². The topological polar surface area (TPSA) is 128 Å². The molecule has 2 aromatic rings. The number of rotatable bonds is 4. The van der Waals surface area contributed by atoms with E-state index in [9.17, 15) is 22.8 Å². The smallest absolute Gasteiger partial charge is 0.315 e. The molecule has 33 heavy (non-hydrogen) atoms. The number of nitrogens with one attached hydrogen (secondary N) is 1. The first-order valence-corrected chi connectivity index (χ1v) is 12.7. The lowest BCUT2D eigenvalue weighted by Gasteiger charge is -2.31. The Morgan fingerprint density at radius 3 is 2.61 bits per heavy atom. The van der Waals surface area contributed by atoms with Crippen LogP contribution in [0.5, 0.6) is 0 Å². The largest absolute Gasteiger partial charge is 0.466 e. The summed E-state index contributed by atoms with van der Waals surface area (Å²) in [4.78, 5) is 39.2. The van der Waals surface area contributed by atoms with Crippen molar-refractivity contribution in [1.82, 2.24) is 14.7 Å². The van der Waals surface area contributed by atoms with Gasteiger partial charge in [-0.3, -0.25) is 14.4 Å². The summed E-state index contributed by atoms with van der Waals surface area (Å²) < 4.78 is 30.8. The predicted octanol–water partition coefficient (Wildman–Crippen LogP) is 1.35. The molecule has 4 rings (SSSR count). The number of carbonyl (C=O) groups excluding carboxylic acids is 3. The number of aromatic nitrogens is 2. The van der Waals surface area contributed by atoms with Crippen molar-refractivity contribution < 1.29 is 27.5 Å². The molecule has 3 heterocycles. The zero-order valence-electron chi connectivity index (χ0n) is 18.5. The number of piperidine rings is 1. The van der Waals surface area contributed by atoms with Crippen LogP contribution < -0.4 is 5.32 Å². The third-order valence-electron chi connectivity index (χ3n) is 5.82. The fourth-order valence-corrected chi connectivity index (χ4v) is 5.66. The summed E-state index contributed by atoms with van der Waals surface area (Å²) >= 11 is 0. The Bertz CT molecular complexity index is 1200. The predicted molar refractivity (Wildman–Crippen MR) is 119 cm³/mol. The molecule has 10 nitrogen and oxygen atoms in total. The third kappa shape index (κ3) is 4.77. The number of amides is 2. The standard InChI is InChI=1S/C22H26N4O6S/c1-3-32-22(29)15-5-4-10-25(11-15)21(28)20(27)23-19-17-12-33(30,31)13-18(17)24-26(19)16-8-6-14(2)7-9-16/h6-9,15H,3-5,10-13H2,1-2H3,(H,23,27). The highest BCUT2D eigenvalue weighted by atomic mass is 32.2. The van der Waals surface area contributed by atoms with E-state index in [0.29, 0.717) is 36.3 Å². The van der Waals surface area contributed by atoms with Crippen LogP contribution in [-0.4, -0.2) is 60.6 Å². The number of sulfone groups is 1. The first-order valence-electron chi connectivity index (χ1n) is 10.8. The Kier molecular flexibility index (Phi) is 6.24. The number of nitrogens with zero attached hydrogens (tertiary/aromatic N) is 3. The molecule has 1 saturated heterocycles. The number of esters is 1. The highest BCUT2D eigenvalue weighted by Crippen LogP contribution is 2.33. The van der Waals surface area contributed by atoms with Gasteiger partial charge < -0.3 is 15.0 Å². The van der Waals surface area contributed by atoms with E-state index in [1.54, 1.807) is 19.1 Å². The van der Waals surface area contributed by atoms with Crippen molar-refractivity contribution in [3.8, 4) is 5.69 Å². The van der Waals surface area contributed by atoms with Gasteiger partial charge in [0.15, 0.2) is 9.84 Å². The maximum Gasteiger partial charge on any atom is 0.315 e. The monoisotopic (exact) mass is 474 g/mol. The minimum atomic E-state index is -3.36. The molecule has 1 atom stereocenters. The van der Waals surface area contributed by atoms with Gasteiger partial charge in [-0.05, 0) is 38.8 Å². The fraction of sp³-hybridized carbons (Fsp3) is 0.455. The highest BCUT2D eigenvalue weighted by Gasteiger charge is 2.36. The average molecular weight is 475 g/mol. The van der Waals surface area contributed by atoms with Crippen LogP contribution in [0.1, 0.15) is 36.6 Å². The molecule has 1 N–H and O–H groups in total. The Labute approximate surface area is 191 Å². The molecule has 0 saturated carbocycles. The van der Waals surface area contributed by atoms with Gasteiger partial charge in [0.2, 0.25) is 0 Å². The second kappa shape index (κ2) is 8.97. The summed E-state index contributed by atoms with van der Waals surface area (Å²) in [7, 11) is -3.36. The van der Waals surface area contributed by atoms with Gasteiger partial charge in [-0.15, -0.1) is 0 Å². The van der Waals surface area contributed by atoms with Crippen molar-refractivity contribution in [3.63, 3.8) is 0 Å². The van der Waals surface area contributed by atoms with E-state index >= 15 is 0 Å². The number of hydrogen-bond donors (Lipinski definition) is 1. The quantitative estimate of drug-likeness (QED) is 0.523. The van der Waals surface area contributed by atoms with Crippen molar-refractivity contribution in [2.45, 2.75) is 38.2 Å². The lowest BCUT2D eigenvalue weighted by Crippen LogP contribution is -2.47. The van der Waals surface area contributed by atoms with E-state index in [4.69, 9.17) is 4.74 Å². The van der Waals surface area contributed by atoms with Gasteiger partial charge >= 0.3 is 17.8 Å². The van der Waals surface area contributed by atoms with E-state index in [-0.39, 0.29) is 36.4 Å². The molecule has 0 aliphatic carbocycles. The summed E-state index contributed by atoms with van der Waals surface area (Å²) in [6.45, 7) is 4.36. The van der Waals surface area contributed by atoms with E-state index < -0.39 is 27.6 Å². The normalized spacial score (nSPS) is 19.1. The van der Waals surface area contributed by atoms with Crippen molar-refractivity contribution in [2.75, 3.05) is 25.0 Å². The average Bonchev–Trinajstić information content (AvgIpc) is 3.26. The molecule has 176 valence electrons. The van der Waals surface area contributed by atoms with Crippen LogP contribution >= 0.6 is 0 Å². The van der Waals surface area contributed by atoms with Crippen LogP contribution in [0.25, 0.3) is 5.69 Å². The molecule has 0 radical (unpaired) electrons. The molecule has 2 aliphatic rings. The Morgan fingerprint density at radius 2 is 1.91 bits per heavy atom. The van der Waals surface area contributed by atoms with Gasteiger partial charge in [0, 0.05) is 18.7 Å². The van der Waals surface area contributed by atoms with Crippen LogP contribution in [0.4, 0.5) is 5.82 Å². The highest BCUT2D eigenvalue weighted by molar-refractivity contribution is 7.90. The Morgan fingerprint density at radius 1 is 1.18 bits per heavy atom. The molecular weight excluding hydrogens is 448 g/mol. The van der Waals surface area contributed by atoms with Gasteiger partial charge in [0.25, 0.3) is 0 Å². The number of likely N-dealkylation sites (tertiary alicyclic amines) is 1.